The van der Waals surface area contributed by atoms with Gasteiger partial charge >= 0.3 is 0 Å². The molecular formula is C19H17ClN4O2S. The second-order valence-corrected chi connectivity index (χ2v) is 7.28. The summed E-state index contributed by atoms with van der Waals surface area (Å²) in [5.74, 6) is -0.470. The zero-order chi connectivity index (χ0) is 19.2. The van der Waals surface area contributed by atoms with Crippen LogP contribution in [-0.2, 0) is 6.42 Å². The molecule has 1 heterocycles. The molecule has 0 unspecified atom stereocenters. The van der Waals surface area contributed by atoms with E-state index in [2.05, 4.69) is 20.8 Å². The highest BCUT2D eigenvalue weighted by Gasteiger charge is 2.12. The van der Waals surface area contributed by atoms with E-state index in [0.29, 0.717) is 39.3 Å². The summed E-state index contributed by atoms with van der Waals surface area (Å²) >= 11 is 7.28. The third-order valence-corrected chi connectivity index (χ3v) is 4.97. The number of aryl methyl sites for hydroxylation is 1. The predicted molar refractivity (Wildman–Crippen MR) is 107 cm³/mol. The molecule has 0 bridgehead atoms. The van der Waals surface area contributed by atoms with Crippen LogP contribution >= 0.6 is 22.9 Å². The summed E-state index contributed by atoms with van der Waals surface area (Å²) in [7, 11) is 0. The molecule has 2 amide bonds. The van der Waals surface area contributed by atoms with Crippen molar-refractivity contribution in [1.82, 2.24) is 15.5 Å². The Hall–Kier alpha value is -2.77. The lowest BCUT2D eigenvalue weighted by Crippen LogP contribution is -2.25. The van der Waals surface area contributed by atoms with Gasteiger partial charge in [0.2, 0.25) is 5.13 Å². The summed E-state index contributed by atoms with van der Waals surface area (Å²) < 4.78 is 0. The molecule has 0 spiro atoms. The Kier molecular flexibility index (Phi) is 6.16. The number of carbonyl (C=O) groups excluding carboxylic acids is 2. The van der Waals surface area contributed by atoms with Crippen molar-refractivity contribution in [2.45, 2.75) is 13.3 Å². The molecule has 2 aromatic carbocycles. The van der Waals surface area contributed by atoms with Crippen LogP contribution in [0.1, 0.15) is 31.3 Å². The van der Waals surface area contributed by atoms with Crippen molar-refractivity contribution in [2.75, 3.05) is 11.9 Å². The van der Waals surface area contributed by atoms with Crippen LogP contribution in [0.2, 0.25) is 5.02 Å². The van der Waals surface area contributed by atoms with Crippen LogP contribution in [0.15, 0.2) is 48.5 Å². The van der Waals surface area contributed by atoms with Crippen molar-refractivity contribution in [3.63, 3.8) is 0 Å². The van der Waals surface area contributed by atoms with Crippen LogP contribution in [0.4, 0.5) is 5.13 Å². The fourth-order valence-corrected chi connectivity index (χ4v) is 3.26. The third kappa shape index (κ3) is 5.12. The van der Waals surface area contributed by atoms with E-state index in [1.807, 2.05) is 19.1 Å². The molecule has 1 aromatic heterocycles. The second kappa shape index (κ2) is 8.75. The molecule has 8 heteroatoms. The summed E-state index contributed by atoms with van der Waals surface area (Å²) in [6.45, 7) is 2.35. The average Bonchev–Trinajstić information content (AvgIpc) is 3.09. The van der Waals surface area contributed by atoms with E-state index in [1.54, 1.807) is 36.4 Å². The van der Waals surface area contributed by atoms with Crippen LogP contribution in [0.3, 0.4) is 0 Å². The minimum atomic E-state index is -0.238. The van der Waals surface area contributed by atoms with Gasteiger partial charge in [-0.25, -0.2) is 0 Å². The minimum Gasteiger partial charge on any atom is -0.352 e. The van der Waals surface area contributed by atoms with Gasteiger partial charge in [-0.15, -0.1) is 10.2 Å². The number of nitrogens with zero attached hydrogens (tertiary/aromatic N) is 2. The van der Waals surface area contributed by atoms with E-state index in [0.717, 1.165) is 5.56 Å². The largest absolute Gasteiger partial charge is 0.352 e. The number of hydrogen-bond acceptors (Lipinski definition) is 5. The first-order valence-corrected chi connectivity index (χ1v) is 9.45. The van der Waals surface area contributed by atoms with Crippen LogP contribution in [0.25, 0.3) is 0 Å². The van der Waals surface area contributed by atoms with E-state index in [4.69, 9.17) is 11.6 Å². The molecule has 0 atom stereocenters. The Labute approximate surface area is 165 Å². The van der Waals surface area contributed by atoms with Gasteiger partial charge in [-0.3, -0.25) is 14.9 Å². The lowest BCUT2D eigenvalue weighted by molar-refractivity contribution is 0.0953. The van der Waals surface area contributed by atoms with Gasteiger partial charge in [-0.1, -0.05) is 52.8 Å². The van der Waals surface area contributed by atoms with Crippen LogP contribution in [0, 0.1) is 6.92 Å². The summed E-state index contributed by atoms with van der Waals surface area (Å²) in [5.41, 5.74) is 2.08. The molecule has 0 fully saturated rings. The fourth-order valence-electron chi connectivity index (χ4n) is 2.30. The minimum absolute atomic E-state index is 0.232. The van der Waals surface area contributed by atoms with Crippen molar-refractivity contribution in [2.24, 2.45) is 0 Å². The zero-order valence-electron chi connectivity index (χ0n) is 14.5. The summed E-state index contributed by atoms with van der Waals surface area (Å²) in [4.78, 5) is 24.3. The highest BCUT2D eigenvalue weighted by molar-refractivity contribution is 7.15. The van der Waals surface area contributed by atoms with Crippen molar-refractivity contribution in [3.05, 3.63) is 75.3 Å². The van der Waals surface area contributed by atoms with Gasteiger partial charge in [-0.2, -0.15) is 0 Å². The normalized spacial score (nSPS) is 10.4. The number of nitrogens with one attached hydrogen (secondary N) is 2. The molecule has 0 aliphatic heterocycles. The lowest BCUT2D eigenvalue weighted by Gasteiger charge is -2.05. The number of aromatic nitrogens is 2. The topological polar surface area (TPSA) is 84.0 Å². The van der Waals surface area contributed by atoms with Gasteiger partial charge in [0, 0.05) is 18.5 Å². The Morgan fingerprint density at radius 1 is 1.04 bits per heavy atom. The SMILES string of the molecule is Cc1ccc(C(=O)Nc2nnc(CCNC(=O)c3ccccc3Cl)s2)cc1. The highest BCUT2D eigenvalue weighted by Crippen LogP contribution is 2.17. The van der Waals surface area contributed by atoms with Crippen molar-refractivity contribution >= 4 is 39.9 Å². The highest BCUT2D eigenvalue weighted by atomic mass is 35.5. The first kappa shape index (κ1) is 19.0. The Morgan fingerprint density at radius 3 is 2.52 bits per heavy atom. The third-order valence-electron chi connectivity index (χ3n) is 3.74. The number of rotatable bonds is 6. The van der Waals surface area contributed by atoms with E-state index in [-0.39, 0.29) is 11.8 Å². The monoisotopic (exact) mass is 400 g/mol. The van der Waals surface area contributed by atoms with Crippen LogP contribution < -0.4 is 10.6 Å². The maximum Gasteiger partial charge on any atom is 0.257 e. The number of benzene rings is 2. The van der Waals surface area contributed by atoms with E-state index in [9.17, 15) is 9.59 Å². The maximum absolute atomic E-state index is 12.2. The molecule has 6 nitrogen and oxygen atoms in total. The molecule has 0 saturated carbocycles. The molecule has 27 heavy (non-hydrogen) atoms. The molecule has 2 N–H and O–H groups in total. The predicted octanol–water partition coefficient (Wildman–Crippen LogP) is 3.72. The smallest absolute Gasteiger partial charge is 0.257 e. The molecule has 0 saturated heterocycles. The van der Waals surface area contributed by atoms with Gasteiger partial charge in [0.25, 0.3) is 11.8 Å². The van der Waals surface area contributed by atoms with Crippen molar-refractivity contribution in [1.29, 1.82) is 0 Å². The maximum atomic E-state index is 12.2. The second-order valence-electron chi connectivity index (χ2n) is 5.81. The van der Waals surface area contributed by atoms with Crippen LogP contribution in [-0.4, -0.2) is 28.6 Å². The molecule has 0 radical (unpaired) electrons. The van der Waals surface area contributed by atoms with Gasteiger partial charge in [0.15, 0.2) is 0 Å². The van der Waals surface area contributed by atoms with Crippen molar-refractivity contribution < 1.29 is 9.59 Å². The number of halogens is 1. The average molecular weight is 401 g/mol. The standard InChI is InChI=1S/C19H17ClN4O2S/c1-12-6-8-13(9-7-12)17(25)22-19-24-23-16(27-19)10-11-21-18(26)14-4-2-3-5-15(14)20/h2-9H,10-11H2,1H3,(H,21,26)(H,22,24,25). The molecule has 3 rings (SSSR count). The quantitative estimate of drug-likeness (QED) is 0.660. The van der Waals surface area contributed by atoms with Gasteiger partial charge in [0.05, 0.1) is 10.6 Å². The summed E-state index contributed by atoms with van der Waals surface area (Å²) in [6, 6.07) is 14.1. The molecule has 0 aliphatic carbocycles. The van der Waals surface area contributed by atoms with E-state index < -0.39 is 0 Å². The summed E-state index contributed by atoms with van der Waals surface area (Å²) in [6.07, 6.45) is 0.508. The molecule has 3 aromatic rings. The number of amides is 2. The number of hydrogen-bond donors (Lipinski definition) is 2. The summed E-state index contributed by atoms with van der Waals surface area (Å²) in [5, 5.41) is 15.1. The van der Waals surface area contributed by atoms with Crippen LogP contribution in [0.5, 0.6) is 0 Å². The van der Waals surface area contributed by atoms with E-state index >= 15 is 0 Å². The number of carbonyl (C=O) groups is 2. The first-order chi connectivity index (χ1) is 13.0. The Balaban J connectivity index is 1.51. The molecular weight excluding hydrogens is 384 g/mol. The lowest BCUT2D eigenvalue weighted by atomic mass is 10.1. The molecule has 0 aliphatic rings. The fraction of sp³-hybridized carbons (Fsp3) is 0.158. The molecule has 138 valence electrons. The Bertz CT molecular complexity index is 956. The van der Waals surface area contributed by atoms with Gasteiger partial charge < -0.3 is 5.32 Å². The number of anilines is 1. The van der Waals surface area contributed by atoms with Crippen molar-refractivity contribution in [3.8, 4) is 0 Å². The van der Waals surface area contributed by atoms with Gasteiger partial charge in [0.1, 0.15) is 5.01 Å². The zero-order valence-corrected chi connectivity index (χ0v) is 16.1. The Morgan fingerprint density at radius 2 is 1.78 bits per heavy atom. The van der Waals surface area contributed by atoms with E-state index in [1.165, 1.54) is 11.3 Å². The van der Waals surface area contributed by atoms with Gasteiger partial charge in [-0.05, 0) is 31.2 Å². The first-order valence-electron chi connectivity index (χ1n) is 8.26.